The van der Waals surface area contributed by atoms with E-state index < -0.39 is 12.1 Å². The maximum Gasteiger partial charge on any atom is 0.250 e. The molecule has 2 rings (SSSR count). The van der Waals surface area contributed by atoms with Gasteiger partial charge in [0.15, 0.2) is 0 Å². The molecular formula is C15H19FN2O2. The van der Waals surface area contributed by atoms with Crippen molar-refractivity contribution in [1.82, 2.24) is 5.32 Å². The van der Waals surface area contributed by atoms with Crippen molar-refractivity contribution in [2.45, 2.75) is 45.2 Å². The van der Waals surface area contributed by atoms with Crippen LogP contribution in [0.4, 0.5) is 10.1 Å². The maximum absolute atomic E-state index is 13.0. The van der Waals surface area contributed by atoms with Gasteiger partial charge < -0.3 is 5.32 Å². The number of rotatable bonds is 4. The third kappa shape index (κ3) is 2.66. The number of benzene rings is 1. The molecule has 1 aromatic rings. The van der Waals surface area contributed by atoms with E-state index in [9.17, 15) is 14.0 Å². The fourth-order valence-corrected chi connectivity index (χ4v) is 2.53. The first kappa shape index (κ1) is 14.5. The molecule has 0 spiro atoms. The summed E-state index contributed by atoms with van der Waals surface area (Å²) in [6.07, 6.45) is 1.94. The van der Waals surface area contributed by atoms with Gasteiger partial charge in [0.1, 0.15) is 17.9 Å². The highest BCUT2D eigenvalue weighted by atomic mass is 19.1. The molecule has 2 amide bonds. The van der Waals surface area contributed by atoms with Crippen LogP contribution in [0, 0.1) is 5.82 Å². The lowest BCUT2D eigenvalue weighted by molar-refractivity contribution is -0.134. The lowest BCUT2D eigenvalue weighted by atomic mass is 10.0. The molecule has 1 aliphatic rings. The van der Waals surface area contributed by atoms with Gasteiger partial charge in [-0.15, -0.1) is 0 Å². The Morgan fingerprint density at radius 2 is 1.85 bits per heavy atom. The van der Waals surface area contributed by atoms with Gasteiger partial charge in [-0.25, -0.2) is 4.39 Å². The third-order valence-corrected chi connectivity index (χ3v) is 3.54. The summed E-state index contributed by atoms with van der Waals surface area (Å²) < 4.78 is 13.0. The second kappa shape index (κ2) is 6.03. The van der Waals surface area contributed by atoms with E-state index in [-0.39, 0.29) is 17.6 Å². The highest BCUT2D eigenvalue weighted by Gasteiger charge is 2.39. The average molecular weight is 278 g/mol. The van der Waals surface area contributed by atoms with Crippen molar-refractivity contribution in [3.8, 4) is 0 Å². The number of nitrogens with one attached hydrogen (secondary N) is 1. The second-order valence-corrected chi connectivity index (χ2v) is 4.96. The Hall–Kier alpha value is -1.91. The molecule has 2 atom stereocenters. The summed E-state index contributed by atoms with van der Waals surface area (Å²) in [6.45, 7) is 3.82. The van der Waals surface area contributed by atoms with Gasteiger partial charge in [-0.05, 0) is 37.1 Å². The van der Waals surface area contributed by atoms with E-state index in [4.69, 9.17) is 0 Å². The Balaban J connectivity index is 2.35. The van der Waals surface area contributed by atoms with Crippen LogP contribution in [0.15, 0.2) is 24.3 Å². The number of nitrogens with zero attached hydrogens (tertiary/aromatic N) is 1. The zero-order chi connectivity index (χ0) is 14.7. The first-order valence-electron chi connectivity index (χ1n) is 6.97. The number of hydrogen-bond donors (Lipinski definition) is 1. The zero-order valence-corrected chi connectivity index (χ0v) is 11.7. The monoisotopic (exact) mass is 278 g/mol. The molecule has 1 heterocycles. The van der Waals surface area contributed by atoms with Crippen molar-refractivity contribution in [1.29, 1.82) is 0 Å². The molecule has 0 aliphatic carbocycles. The zero-order valence-electron chi connectivity index (χ0n) is 11.7. The summed E-state index contributed by atoms with van der Waals surface area (Å²) in [6, 6.07) is 4.67. The van der Waals surface area contributed by atoms with Crippen LogP contribution >= 0.6 is 0 Å². The Morgan fingerprint density at radius 3 is 2.40 bits per heavy atom. The van der Waals surface area contributed by atoms with Crippen LogP contribution in [0.25, 0.3) is 0 Å². The topological polar surface area (TPSA) is 49.4 Å². The van der Waals surface area contributed by atoms with Crippen LogP contribution in [0.5, 0.6) is 0 Å². The molecule has 4 nitrogen and oxygen atoms in total. The quantitative estimate of drug-likeness (QED) is 0.918. The smallest absolute Gasteiger partial charge is 0.250 e. The molecule has 108 valence electrons. The molecule has 5 heteroatoms. The van der Waals surface area contributed by atoms with E-state index in [0.29, 0.717) is 18.5 Å². The molecule has 1 saturated heterocycles. The Kier molecular flexibility index (Phi) is 4.37. The van der Waals surface area contributed by atoms with Gasteiger partial charge in [0, 0.05) is 5.69 Å². The largest absolute Gasteiger partial charge is 0.342 e. The Labute approximate surface area is 118 Å². The van der Waals surface area contributed by atoms with Gasteiger partial charge in [-0.1, -0.05) is 20.3 Å². The Bertz CT molecular complexity index is 501. The van der Waals surface area contributed by atoms with Crippen LogP contribution in [0.3, 0.4) is 0 Å². The van der Waals surface area contributed by atoms with Gasteiger partial charge in [0.2, 0.25) is 11.8 Å². The number of carbonyl (C=O) groups excluding carboxylic acids is 2. The number of carbonyl (C=O) groups is 2. The van der Waals surface area contributed by atoms with Gasteiger partial charge in [0.25, 0.3) is 0 Å². The molecule has 2 unspecified atom stereocenters. The van der Waals surface area contributed by atoms with Gasteiger partial charge in [-0.2, -0.15) is 0 Å². The number of hydrogen-bond acceptors (Lipinski definition) is 2. The minimum absolute atomic E-state index is 0.120. The molecule has 1 aromatic carbocycles. The average Bonchev–Trinajstić information content (AvgIpc) is 2.43. The van der Waals surface area contributed by atoms with Crippen LogP contribution in [0.1, 0.15) is 33.1 Å². The number of halogens is 1. The summed E-state index contributed by atoms with van der Waals surface area (Å²) in [5.74, 6) is -0.624. The van der Waals surface area contributed by atoms with Crippen molar-refractivity contribution in [3.63, 3.8) is 0 Å². The van der Waals surface area contributed by atoms with E-state index in [1.807, 2.05) is 13.8 Å². The summed E-state index contributed by atoms with van der Waals surface area (Å²) in [5.41, 5.74) is 0.569. The summed E-state index contributed by atoms with van der Waals surface area (Å²) in [4.78, 5) is 26.2. The lowest BCUT2D eigenvalue weighted by Crippen LogP contribution is -2.63. The van der Waals surface area contributed by atoms with Crippen molar-refractivity contribution >= 4 is 17.5 Å². The predicted molar refractivity (Wildman–Crippen MR) is 74.8 cm³/mol. The van der Waals surface area contributed by atoms with Crippen molar-refractivity contribution in [3.05, 3.63) is 30.1 Å². The van der Waals surface area contributed by atoms with Crippen molar-refractivity contribution in [2.75, 3.05) is 4.90 Å². The second-order valence-electron chi connectivity index (χ2n) is 4.96. The Morgan fingerprint density at radius 1 is 1.20 bits per heavy atom. The van der Waals surface area contributed by atoms with Crippen molar-refractivity contribution < 1.29 is 14.0 Å². The van der Waals surface area contributed by atoms with Crippen LogP contribution in [-0.4, -0.2) is 23.9 Å². The van der Waals surface area contributed by atoms with E-state index >= 15 is 0 Å². The minimum atomic E-state index is -0.527. The maximum atomic E-state index is 13.0. The van der Waals surface area contributed by atoms with Gasteiger partial charge in [-0.3, -0.25) is 14.5 Å². The molecule has 0 bridgehead atoms. The lowest BCUT2D eigenvalue weighted by Gasteiger charge is -2.38. The predicted octanol–water partition coefficient (Wildman–Crippen LogP) is 2.24. The normalized spacial score (nSPS) is 22.9. The molecule has 1 N–H and O–H groups in total. The summed E-state index contributed by atoms with van der Waals surface area (Å²) >= 11 is 0. The molecule has 1 fully saturated rings. The minimum Gasteiger partial charge on any atom is -0.342 e. The van der Waals surface area contributed by atoms with Crippen molar-refractivity contribution in [2.24, 2.45) is 0 Å². The van der Waals surface area contributed by atoms with Gasteiger partial charge in [0.05, 0.1) is 0 Å². The SMILES string of the molecule is CCCC1NC(=O)C(CC)N(c2ccc(F)cc2)C1=O. The molecule has 0 saturated carbocycles. The fraction of sp³-hybridized carbons (Fsp3) is 0.467. The number of anilines is 1. The molecule has 0 radical (unpaired) electrons. The van der Waals surface area contributed by atoms with Crippen LogP contribution in [0.2, 0.25) is 0 Å². The number of amides is 2. The van der Waals surface area contributed by atoms with E-state index in [1.54, 1.807) is 0 Å². The van der Waals surface area contributed by atoms with Gasteiger partial charge >= 0.3 is 0 Å². The highest BCUT2D eigenvalue weighted by molar-refractivity contribution is 6.08. The van der Waals surface area contributed by atoms with Crippen LogP contribution in [-0.2, 0) is 9.59 Å². The standard InChI is InChI=1S/C15H19FN2O2/c1-3-5-12-15(20)18(13(4-2)14(19)17-12)11-8-6-10(16)7-9-11/h6-9,12-13H,3-5H2,1-2H3,(H,17,19). The first-order chi connectivity index (χ1) is 9.58. The number of piperazine rings is 1. The fourth-order valence-electron chi connectivity index (χ4n) is 2.53. The molecule has 1 aliphatic heterocycles. The summed E-state index contributed by atoms with van der Waals surface area (Å²) in [5, 5.41) is 2.77. The van der Waals surface area contributed by atoms with E-state index in [1.165, 1.54) is 29.2 Å². The molecule has 0 aromatic heterocycles. The first-order valence-corrected chi connectivity index (χ1v) is 6.97. The van der Waals surface area contributed by atoms with E-state index in [2.05, 4.69) is 5.32 Å². The summed E-state index contributed by atoms with van der Waals surface area (Å²) in [7, 11) is 0. The molecular weight excluding hydrogens is 259 g/mol. The third-order valence-electron chi connectivity index (χ3n) is 3.54. The van der Waals surface area contributed by atoms with Crippen LogP contribution < -0.4 is 10.2 Å². The van der Waals surface area contributed by atoms with E-state index in [0.717, 1.165) is 6.42 Å². The molecule has 20 heavy (non-hydrogen) atoms. The highest BCUT2D eigenvalue weighted by Crippen LogP contribution is 2.24.